The Morgan fingerprint density at radius 3 is 2.59 bits per heavy atom. The van der Waals surface area contributed by atoms with Crippen molar-refractivity contribution in [3.8, 4) is 17.7 Å². The number of amides is 2. The fourth-order valence-electron chi connectivity index (χ4n) is 3.30. The molecular formula is C22H24N4O3. The Labute approximate surface area is 170 Å². The summed E-state index contributed by atoms with van der Waals surface area (Å²) in [5.41, 5.74) is 0.635. The number of methoxy groups -OCH3 is 1. The summed E-state index contributed by atoms with van der Waals surface area (Å²) in [6.07, 6.45) is 7.91. The maximum atomic E-state index is 12.8. The minimum absolute atomic E-state index is 0.173. The number of hydrogen-bond donors (Lipinski definition) is 2. The van der Waals surface area contributed by atoms with Crippen LogP contribution in [0.5, 0.6) is 5.88 Å². The van der Waals surface area contributed by atoms with Crippen molar-refractivity contribution in [3.63, 3.8) is 0 Å². The molecule has 0 unspecified atom stereocenters. The Morgan fingerprint density at radius 2 is 1.93 bits per heavy atom. The van der Waals surface area contributed by atoms with Crippen LogP contribution in [0, 0.1) is 11.8 Å². The molecule has 2 aromatic heterocycles. The van der Waals surface area contributed by atoms with E-state index in [1.54, 1.807) is 36.7 Å². The van der Waals surface area contributed by atoms with Gasteiger partial charge in [0.05, 0.1) is 7.11 Å². The van der Waals surface area contributed by atoms with Gasteiger partial charge in [0.1, 0.15) is 11.4 Å². The summed E-state index contributed by atoms with van der Waals surface area (Å²) in [5.74, 6) is 6.93. The number of rotatable bonds is 4. The molecule has 3 rings (SSSR count). The zero-order valence-electron chi connectivity index (χ0n) is 16.6. The van der Waals surface area contributed by atoms with Gasteiger partial charge in [-0.15, -0.1) is 0 Å². The Hall–Kier alpha value is -3.40. The first kappa shape index (κ1) is 20.3. The maximum absolute atomic E-state index is 12.8. The fraction of sp³-hybridized carbons (Fsp3) is 0.364. The molecule has 1 saturated carbocycles. The van der Waals surface area contributed by atoms with Gasteiger partial charge in [-0.2, -0.15) is 0 Å². The molecule has 0 aliphatic heterocycles. The zero-order chi connectivity index (χ0) is 20.7. The number of carbonyl (C=O) groups is 2. The first-order chi connectivity index (χ1) is 14.0. The van der Waals surface area contributed by atoms with Crippen LogP contribution in [0.4, 0.5) is 5.82 Å². The minimum Gasteiger partial charge on any atom is -0.481 e. The van der Waals surface area contributed by atoms with Gasteiger partial charge in [-0.25, -0.2) is 9.97 Å². The Morgan fingerprint density at radius 1 is 1.14 bits per heavy atom. The van der Waals surface area contributed by atoms with E-state index in [9.17, 15) is 9.59 Å². The van der Waals surface area contributed by atoms with Crippen molar-refractivity contribution in [3.05, 3.63) is 47.8 Å². The molecule has 2 heterocycles. The van der Waals surface area contributed by atoms with Crippen LogP contribution in [0.1, 0.15) is 54.9 Å². The average molecular weight is 392 g/mol. The van der Waals surface area contributed by atoms with Gasteiger partial charge in [0.2, 0.25) is 11.8 Å². The van der Waals surface area contributed by atoms with Crippen molar-refractivity contribution in [1.82, 2.24) is 15.3 Å². The summed E-state index contributed by atoms with van der Waals surface area (Å²) in [5, 5.41) is 5.76. The summed E-state index contributed by atoms with van der Waals surface area (Å²) >= 11 is 0. The lowest BCUT2D eigenvalue weighted by molar-refractivity contribution is -0.114. The molecule has 2 N–H and O–H groups in total. The summed E-state index contributed by atoms with van der Waals surface area (Å²) < 4.78 is 5.11. The van der Waals surface area contributed by atoms with E-state index in [1.807, 2.05) is 0 Å². The number of carbonyl (C=O) groups excluding carboxylic acids is 2. The minimum atomic E-state index is -0.581. The second-order valence-electron chi connectivity index (χ2n) is 7.05. The number of aromatic nitrogens is 2. The summed E-state index contributed by atoms with van der Waals surface area (Å²) in [6, 6.07) is 6.79. The van der Waals surface area contributed by atoms with Crippen LogP contribution >= 0.6 is 0 Å². The van der Waals surface area contributed by atoms with E-state index in [1.165, 1.54) is 14.0 Å². The van der Waals surface area contributed by atoms with Gasteiger partial charge in [-0.1, -0.05) is 31.1 Å². The normalized spacial score (nSPS) is 14.8. The summed E-state index contributed by atoms with van der Waals surface area (Å²) in [4.78, 5) is 32.2. The number of pyridine rings is 2. The van der Waals surface area contributed by atoms with Crippen molar-refractivity contribution >= 4 is 17.6 Å². The molecule has 0 radical (unpaired) electrons. The molecule has 150 valence electrons. The maximum Gasteiger partial charge on any atom is 0.252 e. The predicted octanol–water partition coefficient (Wildman–Crippen LogP) is 2.93. The van der Waals surface area contributed by atoms with Gasteiger partial charge in [0, 0.05) is 36.5 Å². The first-order valence-electron chi connectivity index (χ1n) is 9.59. The molecule has 0 aromatic carbocycles. The third kappa shape index (κ3) is 5.55. The van der Waals surface area contributed by atoms with Crippen LogP contribution in [0.2, 0.25) is 0 Å². The second kappa shape index (κ2) is 9.20. The molecule has 0 atom stereocenters. The predicted molar refractivity (Wildman–Crippen MR) is 109 cm³/mol. The van der Waals surface area contributed by atoms with Gasteiger partial charge in [-0.3, -0.25) is 9.59 Å². The Kier molecular flexibility index (Phi) is 6.45. The highest BCUT2D eigenvalue weighted by Crippen LogP contribution is 2.28. The van der Waals surface area contributed by atoms with Crippen LogP contribution < -0.4 is 15.4 Å². The van der Waals surface area contributed by atoms with E-state index >= 15 is 0 Å². The molecular weight excluding hydrogens is 368 g/mol. The zero-order valence-corrected chi connectivity index (χ0v) is 16.6. The lowest BCUT2D eigenvalue weighted by atomic mass is 9.81. The standard InChI is InChI=1S/C22H24N4O3/c1-16(27)25-19-7-6-17(15-24-19)8-12-22(10-4-3-5-11-22)26-21(28)18-9-13-23-20(14-18)29-2/h6-7,9,13-15H,3-5,10-11H2,1-2H3,(H,26,28)(H,24,25,27). The van der Waals surface area contributed by atoms with E-state index in [4.69, 9.17) is 4.74 Å². The topological polar surface area (TPSA) is 93.2 Å². The van der Waals surface area contributed by atoms with Crippen molar-refractivity contribution in [1.29, 1.82) is 0 Å². The van der Waals surface area contributed by atoms with Crippen LogP contribution in [0.15, 0.2) is 36.7 Å². The third-order valence-electron chi connectivity index (χ3n) is 4.78. The van der Waals surface area contributed by atoms with Crippen molar-refractivity contribution in [2.45, 2.75) is 44.6 Å². The van der Waals surface area contributed by atoms with Gasteiger partial charge in [0.25, 0.3) is 5.91 Å². The Balaban J connectivity index is 1.79. The number of nitrogens with one attached hydrogen (secondary N) is 2. The summed E-state index contributed by atoms with van der Waals surface area (Å²) in [7, 11) is 1.52. The molecule has 29 heavy (non-hydrogen) atoms. The van der Waals surface area contributed by atoms with E-state index < -0.39 is 5.54 Å². The molecule has 0 spiro atoms. The van der Waals surface area contributed by atoms with Gasteiger partial charge >= 0.3 is 0 Å². The molecule has 0 saturated heterocycles. The fourth-order valence-corrected chi connectivity index (χ4v) is 3.30. The summed E-state index contributed by atoms with van der Waals surface area (Å²) in [6.45, 7) is 1.43. The molecule has 1 fully saturated rings. The lowest BCUT2D eigenvalue weighted by Gasteiger charge is -2.33. The molecule has 7 heteroatoms. The highest BCUT2D eigenvalue weighted by molar-refractivity contribution is 5.95. The van der Waals surface area contributed by atoms with Crippen LogP contribution in [0.3, 0.4) is 0 Å². The Bertz CT molecular complexity index is 939. The van der Waals surface area contributed by atoms with Crippen molar-refractivity contribution in [2.75, 3.05) is 12.4 Å². The third-order valence-corrected chi connectivity index (χ3v) is 4.78. The van der Waals surface area contributed by atoms with Gasteiger partial charge in [0.15, 0.2) is 0 Å². The van der Waals surface area contributed by atoms with Crippen LogP contribution in [-0.2, 0) is 4.79 Å². The van der Waals surface area contributed by atoms with E-state index in [0.29, 0.717) is 17.3 Å². The lowest BCUT2D eigenvalue weighted by Crippen LogP contribution is -2.48. The quantitative estimate of drug-likeness (QED) is 0.781. The van der Waals surface area contributed by atoms with Crippen LogP contribution in [-0.4, -0.2) is 34.4 Å². The molecule has 7 nitrogen and oxygen atoms in total. The van der Waals surface area contributed by atoms with E-state index in [-0.39, 0.29) is 11.8 Å². The smallest absolute Gasteiger partial charge is 0.252 e. The largest absolute Gasteiger partial charge is 0.481 e. The number of ether oxygens (including phenoxy) is 1. The first-order valence-corrected chi connectivity index (χ1v) is 9.59. The molecule has 1 aliphatic carbocycles. The second-order valence-corrected chi connectivity index (χ2v) is 7.05. The SMILES string of the molecule is COc1cc(C(=O)NC2(C#Cc3ccc(NC(C)=O)nc3)CCCCC2)ccn1. The van der Waals surface area contributed by atoms with Crippen LogP contribution in [0.25, 0.3) is 0 Å². The van der Waals surface area contributed by atoms with E-state index in [0.717, 1.165) is 37.7 Å². The molecule has 0 bridgehead atoms. The van der Waals surface area contributed by atoms with E-state index in [2.05, 4.69) is 32.4 Å². The monoisotopic (exact) mass is 392 g/mol. The van der Waals surface area contributed by atoms with Crippen molar-refractivity contribution < 1.29 is 14.3 Å². The molecule has 2 amide bonds. The number of anilines is 1. The average Bonchev–Trinajstić information content (AvgIpc) is 2.73. The highest BCUT2D eigenvalue weighted by atomic mass is 16.5. The van der Waals surface area contributed by atoms with Crippen molar-refractivity contribution in [2.24, 2.45) is 0 Å². The molecule has 1 aliphatic rings. The number of nitrogens with zero attached hydrogens (tertiary/aromatic N) is 2. The number of hydrogen-bond acceptors (Lipinski definition) is 5. The van der Waals surface area contributed by atoms with Gasteiger partial charge in [-0.05, 0) is 31.0 Å². The highest BCUT2D eigenvalue weighted by Gasteiger charge is 2.32. The molecule has 2 aromatic rings. The van der Waals surface area contributed by atoms with Gasteiger partial charge < -0.3 is 15.4 Å².